The fourth-order valence-electron chi connectivity index (χ4n) is 2.50. The van der Waals surface area contributed by atoms with E-state index in [9.17, 15) is 14.0 Å². The Morgan fingerprint density at radius 3 is 2.73 bits per heavy atom. The number of nitrogens with zero attached hydrogens (tertiary/aromatic N) is 3. The minimum Gasteiger partial charge on any atom is -0.471 e. The molecule has 2 aromatic heterocycles. The van der Waals surface area contributed by atoms with Crippen LogP contribution in [0, 0.1) is 5.82 Å². The first-order valence-electron chi connectivity index (χ1n) is 8.67. The van der Waals surface area contributed by atoms with Crippen molar-refractivity contribution in [2.75, 3.05) is 17.2 Å². The number of amides is 1. The number of rotatable bonds is 9. The molecule has 0 aliphatic rings. The number of hydrogen-bond donors (Lipinski definition) is 2. The van der Waals surface area contributed by atoms with Gasteiger partial charge < -0.3 is 25.6 Å². The van der Waals surface area contributed by atoms with Crippen molar-refractivity contribution in [1.29, 1.82) is 0 Å². The van der Waals surface area contributed by atoms with Gasteiger partial charge in [-0.05, 0) is 36.3 Å². The number of nitrogen functional groups attached to an aromatic ring is 1. The lowest BCUT2D eigenvalue weighted by molar-refractivity contribution is -0.118. The summed E-state index contributed by atoms with van der Waals surface area (Å²) in [6.45, 7) is 5.28. The lowest BCUT2D eigenvalue weighted by Crippen LogP contribution is -2.39. The summed E-state index contributed by atoms with van der Waals surface area (Å²) < 4.78 is 23.6. The van der Waals surface area contributed by atoms with Crippen LogP contribution < -0.4 is 21.1 Å². The molecule has 11 heteroatoms. The van der Waals surface area contributed by atoms with Crippen LogP contribution >= 0.6 is 11.3 Å². The monoisotopic (exact) mass is 431 g/mol. The number of anilines is 3. The van der Waals surface area contributed by atoms with Crippen LogP contribution in [-0.2, 0) is 4.79 Å². The third-order valence-electron chi connectivity index (χ3n) is 4.02. The van der Waals surface area contributed by atoms with Crippen molar-refractivity contribution in [1.82, 2.24) is 10.1 Å². The van der Waals surface area contributed by atoms with E-state index in [0.717, 1.165) is 11.3 Å². The molecule has 0 radical (unpaired) electrons. The Bertz CT molecular complexity index is 1080. The Morgan fingerprint density at radius 2 is 2.10 bits per heavy atom. The van der Waals surface area contributed by atoms with Gasteiger partial charge in [-0.3, -0.25) is 9.59 Å². The highest BCUT2D eigenvalue weighted by atomic mass is 32.1. The van der Waals surface area contributed by atoms with Crippen molar-refractivity contribution in [2.24, 2.45) is 5.73 Å². The second-order valence-corrected chi connectivity index (χ2v) is 7.07. The van der Waals surface area contributed by atoms with E-state index < -0.39 is 23.5 Å². The highest BCUT2D eigenvalue weighted by Gasteiger charge is 2.28. The standard InChI is InChI=1S/C19H18FN5O4S/c1-3-8-28-14-9-13(29-24-14)15(26)16-17(21)23-19(30-16)25(10(2)18(22)27)12-6-4-11(20)5-7-12/h3-7,9-10H,1,8,21H2,2H3,(H2,22,27). The van der Waals surface area contributed by atoms with Crippen molar-refractivity contribution in [3.63, 3.8) is 0 Å². The molecule has 0 saturated carbocycles. The van der Waals surface area contributed by atoms with E-state index in [1.165, 1.54) is 41.3 Å². The van der Waals surface area contributed by atoms with Crippen molar-refractivity contribution in [3.8, 4) is 5.88 Å². The molecule has 30 heavy (non-hydrogen) atoms. The van der Waals surface area contributed by atoms with E-state index in [-0.39, 0.29) is 34.1 Å². The number of halogens is 1. The van der Waals surface area contributed by atoms with E-state index in [4.69, 9.17) is 20.7 Å². The number of carbonyl (C=O) groups excluding carboxylic acids is 2. The smallest absolute Gasteiger partial charge is 0.255 e. The van der Waals surface area contributed by atoms with Gasteiger partial charge in [-0.1, -0.05) is 24.0 Å². The molecule has 0 fully saturated rings. The van der Waals surface area contributed by atoms with E-state index in [1.807, 2.05) is 0 Å². The largest absolute Gasteiger partial charge is 0.471 e. The van der Waals surface area contributed by atoms with Crippen LogP contribution in [0.3, 0.4) is 0 Å². The molecule has 3 rings (SSSR count). The predicted octanol–water partition coefficient (Wildman–Crippen LogP) is 2.66. The van der Waals surface area contributed by atoms with Crippen LogP contribution in [0.15, 0.2) is 47.5 Å². The number of benzene rings is 1. The number of ether oxygens (including phenoxy) is 1. The van der Waals surface area contributed by atoms with E-state index in [0.29, 0.717) is 5.69 Å². The Hall–Kier alpha value is -3.73. The Labute approximate surface area is 174 Å². The Balaban J connectivity index is 1.96. The van der Waals surface area contributed by atoms with Gasteiger partial charge in [0.15, 0.2) is 5.13 Å². The maximum absolute atomic E-state index is 13.3. The lowest BCUT2D eigenvalue weighted by Gasteiger charge is -2.26. The summed E-state index contributed by atoms with van der Waals surface area (Å²) in [5.74, 6) is -1.67. The fourth-order valence-corrected chi connectivity index (χ4v) is 3.54. The number of carbonyl (C=O) groups is 2. The first-order valence-corrected chi connectivity index (χ1v) is 9.49. The summed E-state index contributed by atoms with van der Waals surface area (Å²) in [5.41, 5.74) is 11.9. The Morgan fingerprint density at radius 1 is 1.40 bits per heavy atom. The first kappa shape index (κ1) is 21.0. The zero-order valence-electron chi connectivity index (χ0n) is 15.9. The zero-order chi connectivity index (χ0) is 21.8. The maximum atomic E-state index is 13.3. The molecule has 0 aliphatic heterocycles. The number of thiazole rings is 1. The van der Waals surface area contributed by atoms with Crippen LogP contribution in [0.25, 0.3) is 0 Å². The lowest BCUT2D eigenvalue weighted by atomic mass is 10.2. The number of primary amides is 1. The molecule has 0 saturated heterocycles. The van der Waals surface area contributed by atoms with Gasteiger partial charge in [0, 0.05) is 5.69 Å². The van der Waals surface area contributed by atoms with E-state index in [1.54, 1.807) is 6.92 Å². The quantitative estimate of drug-likeness (QED) is 0.390. The van der Waals surface area contributed by atoms with Gasteiger partial charge in [0.25, 0.3) is 5.88 Å². The van der Waals surface area contributed by atoms with Crippen LogP contribution in [0.5, 0.6) is 5.88 Å². The van der Waals surface area contributed by atoms with Crippen LogP contribution in [0.2, 0.25) is 0 Å². The molecule has 0 bridgehead atoms. The molecule has 1 aromatic carbocycles. The van der Waals surface area contributed by atoms with Gasteiger partial charge >= 0.3 is 0 Å². The minimum atomic E-state index is -0.840. The zero-order valence-corrected chi connectivity index (χ0v) is 16.7. The molecule has 156 valence electrons. The third kappa shape index (κ3) is 4.30. The van der Waals surface area contributed by atoms with Crippen molar-refractivity contribution < 1.29 is 23.2 Å². The van der Waals surface area contributed by atoms with Gasteiger partial charge in [0.1, 0.15) is 29.2 Å². The molecule has 0 aliphatic carbocycles. The second-order valence-electron chi connectivity index (χ2n) is 6.09. The molecule has 0 spiro atoms. The molecule has 1 amide bonds. The third-order valence-corrected chi connectivity index (χ3v) is 5.09. The SMILES string of the molecule is C=CCOc1cc(C(=O)c2sc(N(c3ccc(F)cc3)C(C)C(N)=O)nc2N)on1. The number of aromatic nitrogens is 2. The summed E-state index contributed by atoms with van der Waals surface area (Å²) >= 11 is 0.936. The van der Waals surface area contributed by atoms with E-state index >= 15 is 0 Å². The highest BCUT2D eigenvalue weighted by molar-refractivity contribution is 7.18. The molecular weight excluding hydrogens is 413 g/mol. The summed E-state index contributed by atoms with van der Waals surface area (Å²) in [5, 5.41) is 3.88. The number of ketones is 1. The normalized spacial score (nSPS) is 11.7. The van der Waals surface area contributed by atoms with Crippen molar-refractivity contribution >= 4 is 39.7 Å². The fraction of sp³-hybridized carbons (Fsp3) is 0.158. The maximum Gasteiger partial charge on any atom is 0.255 e. The van der Waals surface area contributed by atoms with Gasteiger partial charge in [-0.25, -0.2) is 9.37 Å². The van der Waals surface area contributed by atoms with Crippen LogP contribution in [-0.4, -0.2) is 34.5 Å². The Kier molecular flexibility index (Phi) is 6.11. The van der Waals surface area contributed by atoms with Gasteiger partial charge in [-0.15, -0.1) is 0 Å². The average Bonchev–Trinajstić information content (AvgIpc) is 3.34. The molecule has 1 unspecified atom stereocenters. The predicted molar refractivity (Wildman–Crippen MR) is 109 cm³/mol. The van der Waals surface area contributed by atoms with E-state index in [2.05, 4.69) is 16.7 Å². The average molecular weight is 431 g/mol. The van der Waals surface area contributed by atoms with Gasteiger partial charge in [0.05, 0.1) is 6.07 Å². The molecule has 4 N–H and O–H groups in total. The minimum absolute atomic E-state index is 0.0614. The molecule has 3 aromatic rings. The van der Waals surface area contributed by atoms with Crippen LogP contribution in [0.1, 0.15) is 22.4 Å². The molecule has 1 atom stereocenters. The number of nitrogens with two attached hydrogens (primary N) is 2. The summed E-state index contributed by atoms with van der Waals surface area (Å²) in [4.78, 5) is 30.4. The van der Waals surface area contributed by atoms with Crippen LogP contribution in [0.4, 0.5) is 21.0 Å². The molecule has 2 heterocycles. The highest BCUT2D eigenvalue weighted by Crippen LogP contribution is 2.36. The van der Waals surface area contributed by atoms with Gasteiger partial charge in [0.2, 0.25) is 17.5 Å². The summed E-state index contributed by atoms with van der Waals surface area (Å²) in [6, 6.07) is 5.89. The van der Waals surface area contributed by atoms with Gasteiger partial charge in [-0.2, -0.15) is 0 Å². The second kappa shape index (κ2) is 8.74. The topological polar surface area (TPSA) is 138 Å². The van der Waals surface area contributed by atoms with Crippen molar-refractivity contribution in [2.45, 2.75) is 13.0 Å². The first-order chi connectivity index (χ1) is 14.3. The number of hydrogen-bond acceptors (Lipinski definition) is 9. The molecular formula is C19H18FN5O4S. The van der Waals surface area contributed by atoms with Crippen molar-refractivity contribution in [3.05, 3.63) is 59.4 Å². The molecule has 9 nitrogen and oxygen atoms in total. The summed E-state index contributed by atoms with van der Waals surface area (Å²) in [7, 11) is 0. The summed E-state index contributed by atoms with van der Waals surface area (Å²) in [6.07, 6.45) is 1.52.